The van der Waals surface area contributed by atoms with E-state index in [4.69, 9.17) is 4.74 Å². The molecule has 6 nitrogen and oxygen atoms in total. The Kier molecular flexibility index (Phi) is 4.53. The fourth-order valence-corrected chi connectivity index (χ4v) is 3.20. The van der Waals surface area contributed by atoms with E-state index < -0.39 is 6.23 Å². The van der Waals surface area contributed by atoms with Gasteiger partial charge in [0.1, 0.15) is 5.69 Å². The Morgan fingerprint density at radius 3 is 2.88 bits per heavy atom. The van der Waals surface area contributed by atoms with Crippen molar-refractivity contribution in [2.24, 2.45) is 0 Å². The van der Waals surface area contributed by atoms with Crippen molar-refractivity contribution in [1.82, 2.24) is 20.2 Å². The molecule has 0 aliphatic carbocycles. The molecule has 2 aromatic heterocycles. The lowest BCUT2D eigenvalue weighted by Gasteiger charge is -2.18. The number of fused-ring (bicyclic) bond motifs is 3. The van der Waals surface area contributed by atoms with Gasteiger partial charge in [-0.25, -0.2) is 0 Å². The van der Waals surface area contributed by atoms with Crippen LogP contribution in [-0.4, -0.2) is 25.9 Å². The topological polar surface area (TPSA) is 72.8 Å². The van der Waals surface area contributed by atoms with E-state index in [1.54, 1.807) is 6.08 Å². The van der Waals surface area contributed by atoms with Crippen molar-refractivity contribution in [3.63, 3.8) is 0 Å². The van der Waals surface area contributed by atoms with Crippen LogP contribution in [0.1, 0.15) is 17.6 Å². The number of thioether (sulfide) groups is 1. The number of ether oxygens (including phenoxy) is 1. The number of nitrogens with zero attached hydrogens (tertiary/aromatic N) is 4. The molecule has 0 amide bonds. The van der Waals surface area contributed by atoms with Gasteiger partial charge in [0.2, 0.25) is 17.3 Å². The predicted molar refractivity (Wildman–Crippen MR) is 102 cm³/mol. The Balaban J connectivity index is 1.80. The van der Waals surface area contributed by atoms with Gasteiger partial charge in [-0.2, -0.15) is 4.98 Å². The maximum Gasteiger partial charge on any atom is 0.247 e. The highest BCUT2D eigenvalue weighted by atomic mass is 32.2. The standard InChI is InChI=1S/C19H17N5OS/c1-3-11-26-19-22-18-16(23-24-19)13-8-4-5-9-14(13)21-17(25-18)15-10-6-7-12(2)20-15/h3-10,17,21H,1,11H2,2H3. The van der Waals surface area contributed by atoms with Gasteiger partial charge in [0, 0.05) is 22.7 Å². The van der Waals surface area contributed by atoms with E-state index in [1.807, 2.05) is 49.4 Å². The van der Waals surface area contributed by atoms with Gasteiger partial charge in [0.25, 0.3) is 0 Å². The van der Waals surface area contributed by atoms with Crippen LogP contribution in [0.5, 0.6) is 5.88 Å². The minimum absolute atomic E-state index is 0.442. The van der Waals surface area contributed by atoms with Crippen molar-refractivity contribution in [2.75, 3.05) is 11.1 Å². The molecule has 1 aliphatic heterocycles. The third-order valence-corrected chi connectivity index (χ3v) is 4.68. The second kappa shape index (κ2) is 7.13. The van der Waals surface area contributed by atoms with Gasteiger partial charge < -0.3 is 10.1 Å². The fourth-order valence-electron chi connectivity index (χ4n) is 2.69. The van der Waals surface area contributed by atoms with E-state index in [0.717, 1.165) is 22.6 Å². The van der Waals surface area contributed by atoms with E-state index in [9.17, 15) is 0 Å². The van der Waals surface area contributed by atoms with E-state index in [1.165, 1.54) is 11.8 Å². The molecule has 0 fully saturated rings. The van der Waals surface area contributed by atoms with Gasteiger partial charge in [-0.15, -0.1) is 16.8 Å². The number of anilines is 1. The summed E-state index contributed by atoms with van der Waals surface area (Å²) in [7, 11) is 0. The number of pyridine rings is 1. The van der Waals surface area contributed by atoms with Crippen molar-refractivity contribution in [1.29, 1.82) is 0 Å². The molecule has 3 aromatic rings. The SMILES string of the molecule is C=CCSc1nnc2c(n1)OC(c1cccc(C)n1)Nc1ccccc1-2. The van der Waals surface area contributed by atoms with Crippen LogP contribution in [0.2, 0.25) is 0 Å². The molecule has 1 N–H and O–H groups in total. The van der Waals surface area contributed by atoms with Crippen LogP contribution in [0.4, 0.5) is 5.69 Å². The van der Waals surface area contributed by atoms with E-state index in [0.29, 0.717) is 22.5 Å². The summed E-state index contributed by atoms with van der Waals surface area (Å²) in [6.45, 7) is 5.68. The number of aromatic nitrogens is 4. The van der Waals surface area contributed by atoms with Gasteiger partial charge in [-0.1, -0.05) is 42.1 Å². The average Bonchev–Trinajstić information content (AvgIpc) is 2.83. The zero-order valence-corrected chi connectivity index (χ0v) is 15.0. The third-order valence-electron chi connectivity index (χ3n) is 3.84. The molecular weight excluding hydrogens is 346 g/mol. The number of hydrogen-bond acceptors (Lipinski definition) is 7. The van der Waals surface area contributed by atoms with Gasteiger partial charge in [-0.05, 0) is 25.1 Å². The van der Waals surface area contributed by atoms with E-state index in [-0.39, 0.29) is 0 Å². The Labute approximate surface area is 155 Å². The zero-order chi connectivity index (χ0) is 17.9. The third kappa shape index (κ3) is 3.25. The molecule has 7 heteroatoms. The van der Waals surface area contributed by atoms with Crippen molar-refractivity contribution in [3.05, 3.63) is 66.5 Å². The second-order valence-corrected chi connectivity index (χ2v) is 6.73. The molecule has 0 radical (unpaired) electrons. The summed E-state index contributed by atoms with van der Waals surface area (Å²) in [4.78, 5) is 9.15. The molecule has 130 valence electrons. The maximum atomic E-state index is 6.17. The smallest absolute Gasteiger partial charge is 0.247 e. The van der Waals surface area contributed by atoms with Gasteiger partial charge in [0.15, 0.2) is 5.69 Å². The number of benzene rings is 1. The predicted octanol–water partition coefficient (Wildman–Crippen LogP) is 4.02. The highest BCUT2D eigenvalue weighted by Gasteiger charge is 2.26. The molecule has 0 bridgehead atoms. The summed E-state index contributed by atoms with van der Waals surface area (Å²) >= 11 is 1.46. The highest BCUT2D eigenvalue weighted by molar-refractivity contribution is 7.99. The number of para-hydroxylation sites is 1. The first kappa shape index (κ1) is 16.5. The molecule has 1 aliphatic rings. The lowest BCUT2D eigenvalue weighted by molar-refractivity contribution is 0.220. The number of rotatable bonds is 4. The molecule has 26 heavy (non-hydrogen) atoms. The van der Waals surface area contributed by atoms with Crippen LogP contribution in [0.3, 0.4) is 0 Å². The Hall–Kier alpha value is -2.93. The van der Waals surface area contributed by atoms with Crippen LogP contribution >= 0.6 is 11.8 Å². The lowest BCUT2D eigenvalue weighted by atomic mass is 10.1. The molecule has 4 rings (SSSR count). The molecular formula is C19H17N5OS. The highest BCUT2D eigenvalue weighted by Crippen LogP contribution is 2.39. The van der Waals surface area contributed by atoms with E-state index in [2.05, 4.69) is 32.1 Å². The van der Waals surface area contributed by atoms with E-state index >= 15 is 0 Å². The molecule has 1 aromatic carbocycles. The fraction of sp³-hybridized carbons (Fsp3) is 0.158. The summed E-state index contributed by atoms with van der Waals surface area (Å²) in [5, 5.41) is 12.5. The summed E-state index contributed by atoms with van der Waals surface area (Å²) < 4.78 is 6.17. The quantitative estimate of drug-likeness (QED) is 0.554. The van der Waals surface area contributed by atoms with Crippen LogP contribution in [-0.2, 0) is 0 Å². The lowest BCUT2D eigenvalue weighted by Crippen LogP contribution is -2.18. The molecule has 0 saturated heterocycles. The largest absolute Gasteiger partial charge is 0.446 e. The molecule has 0 spiro atoms. The van der Waals surface area contributed by atoms with Crippen LogP contribution < -0.4 is 10.1 Å². The second-order valence-electron chi connectivity index (χ2n) is 5.74. The molecule has 1 atom stereocenters. The summed E-state index contributed by atoms with van der Waals surface area (Å²) in [5.74, 6) is 1.15. The van der Waals surface area contributed by atoms with Crippen LogP contribution in [0.25, 0.3) is 11.3 Å². The monoisotopic (exact) mass is 363 g/mol. The van der Waals surface area contributed by atoms with Gasteiger partial charge >= 0.3 is 0 Å². The summed E-state index contributed by atoms with van der Waals surface area (Å²) in [5.41, 5.74) is 4.13. The Morgan fingerprint density at radius 2 is 2.04 bits per heavy atom. The maximum absolute atomic E-state index is 6.17. The van der Waals surface area contributed by atoms with Crippen LogP contribution in [0.15, 0.2) is 60.3 Å². The average molecular weight is 363 g/mol. The number of aryl methyl sites for hydroxylation is 1. The summed E-state index contributed by atoms with van der Waals surface area (Å²) in [6.07, 6.45) is 1.34. The zero-order valence-electron chi connectivity index (χ0n) is 14.2. The summed E-state index contributed by atoms with van der Waals surface area (Å²) in [6, 6.07) is 13.7. The van der Waals surface area contributed by atoms with Crippen molar-refractivity contribution in [3.8, 4) is 17.1 Å². The van der Waals surface area contributed by atoms with Gasteiger partial charge in [0.05, 0.1) is 0 Å². The Morgan fingerprint density at radius 1 is 1.15 bits per heavy atom. The van der Waals surface area contributed by atoms with Gasteiger partial charge in [-0.3, -0.25) is 4.98 Å². The molecule has 0 saturated carbocycles. The number of nitrogens with one attached hydrogen (secondary N) is 1. The van der Waals surface area contributed by atoms with Crippen molar-refractivity contribution >= 4 is 17.4 Å². The van der Waals surface area contributed by atoms with Crippen LogP contribution in [0, 0.1) is 6.92 Å². The first-order chi connectivity index (χ1) is 12.7. The van der Waals surface area contributed by atoms with Crippen molar-refractivity contribution in [2.45, 2.75) is 18.3 Å². The normalized spacial score (nSPS) is 15.0. The first-order valence-corrected chi connectivity index (χ1v) is 9.18. The van der Waals surface area contributed by atoms with Crippen molar-refractivity contribution < 1.29 is 4.74 Å². The molecule has 1 unspecified atom stereocenters. The minimum Gasteiger partial charge on any atom is -0.446 e. The Bertz CT molecular complexity index is 962. The minimum atomic E-state index is -0.466. The first-order valence-electron chi connectivity index (χ1n) is 8.19. The molecule has 3 heterocycles. The number of hydrogen-bond donors (Lipinski definition) is 1.